The monoisotopic (exact) mass is 502 g/mol. The Balaban J connectivity index is 1.31. The quantitative estimate of drug-likeness (QED) is 0.267. The number of ether oxygens (including phenoxy) is 1. The second-order valence-electron chi connectivity index (χ2n) is 8.51. The van der Waals surface area contributed by atoms with E-state index in [9.17, 15) is 8.78 Å². The minimum absolute atomic E-state index is 0.0288. The number of nitrogens with zero attached hydrogens (tertiary/aromatic N) is 6. The van der Waals surface area contributed by atoms with Crippen LogP contribution in [0.4, 0.5) is 14.7 Å². The zero-order valence-electron chi connectivity index (χ0n) is 20.1. The van der Waals surface area contributed by atoms with E-state index in [1.165, 1.54) is 30.6 Å². The van der Waals surface area contributed by atoms with Crippen molar-refractivity contribution in [3.63, 3.8) is 0 Å². The van der Waals surface area contributed by atoms with Crippen LogP contribution in [0.2, 0.25) is 0 Å². The number of piperidine rings is 1. The average Bonchev–Trinajstić information content (AvgIpc) is 2.93. The first-order valence-corrected chi connectivity index (χ1v) is 11.8. The third kappa shape index (κ3) is 5.85. The molecule has 0 unspecified atom stereocenters. The van der Waals surface area contributed by atoms with Gasteiger partial charge in [0.15, 0.2) is 0 Å². The molecule has 1 aliphatic heterocycles. The van der Waals surface area contributed by atoms with Crippen molar-refractivity contribution in [3.8, 4) is 11.8 Å². The molecule has 5 rings (SSSR count). The Labute approximate surface area is 212 Å². The van der Waals surface area contributed by atoms with Gasteiger partial charge in [0.1, 0.15) is 29.8 Å². The molecule has 0 atom stereocenters. The fourth-order valence-electron chi connectivity index (χ4n) is 3.99. The predicted molar refractivity (Wildman–Crippen MR) is 134 cm³/mol. The molecule has 4 aromatic rings. The van der Waals surface area contributed by atoms with Crippen molar-refractivity contribution >= 4 is 11.7 Å². The number of oxime groups is 1. The van der Waals surface area contributed by atoms with Crippen LogP contribution in [-0.4, -0.2) is 44.8 Å². The largest absolute Gasteiger partial charge is 0.474 e. The summed E-state index contributed by atoms with van der Waals surface area (Å²) >= 11 is 0. The molecule has 2 aromatic carbocycles. The molecule has 188 valence electrons. The fraction of sp³-hybridized carbons (Fsp3) is 0.222. The van der Waals surface area contributed by atoms with E-state index in [0.717, 1.165) is 25.9 Å². The molecule has 0 aliphatic carbocycles. The van der Waals surface area contributed by atoms with Gasteiger partial charge in [0, 0.05) is 49.5 Å². The van der Waals surface area contributed by atoms with Gasteiger partial charge in [-0.15, -0.1) is 0 Å². The van der Waals surface area contributed by atoms with E-state index in [1.54, 1.807) is 49.6 Å². The summed E-state index contributed by atoms with van der Waals surface area (Å²) in [6, 6.07) is 13.4. The molecule has 1 saturated heterocycles. The third-order valence-corrected chi connectivity index (χ3v) is 6.01. The van der Waals surface area contributed by atoms with Gasteiger partial charge in [-0.05, 0) is 61.5 Å². The van der Waals surface area contributed by atoms with Crippen LogP contribution >= 0.6 is 0 Å². The normalized spacial score (nSPS) is 13.8. The number of hydrogen-bond donors (Lipinski definition) is 0. The average molecular weight is 503 g/mol. The van der Waals surface area contributed by atoms with E-state index in [0.29, 0.717) is 34.2 Å². The highest BCUT2D eigenvalue weighted by Gasteiger charge is 2.24. The summed E-state index contributed by atoms with van der Waals surface area (Å²) in [7, 11) is 0. The van der Waals surface area contributed by atoms with Gasteiger partial charge in [-0.25, -0.2) is 23.7 Å². The number of anilines is 1. The highest BCUT2D eigenvalue weighted by atomic mass is 19.1. The lowest BCUT2D eigenvalue weighted by Gasteiger charge is -2.32. The van der Waals surface area contributed by atoms with Gasteiger partial charge in [0.25, 0.3) is 5.88 Å². The molecule has 0 N–H and O–H groups in total. The molecule has 10 heteroatoms. The summed E-state index contributed by atoms with van der Waals surface area (Å²) in [5.41, 5.74) is 2.20. The van der Waals surface area contributed by atoms with Gasteiger partial charge in [-0.1, -0.05) is 5.16 Å². The molecule has 1 fully saturated rings. The molecular weight excluding hydrogens is 478 g/mol. The molecule has 0 bridgehead atoms. The van der Waals surface area contributed by atoms with Crippen molar-refractivity contribution in [1.82, 2.24) is 19.9 Å². The second-order valence-corrected chi connectivity index (χ2v) is 8.51. The first-order valence-electron chi connectivity index (χ1n) is 11.8. The molecule has 0 radical (unpaired) electrons. The van der Waals surface area contributed by atoms with Crippen molar-refractivity contribution in [3.05, 3.63) is 102 Å². The third-order valence-electron chi connectivity index (χ3n) is 6.01. The van der Waals surface area contributed by atoms with E-state index in [1.807, 2.05) is 0 Å². The van der Waals surface area contributed by atoms with Crippen LogP contribution in [0.25, 0.3) is 0 Å². The smallest absolute Gasteiger partial charge is 0.258 e. The van der Waals surface area contributed by atoms with Gasteiger partial charge >= 0.3 is 0 Å². The van der Waals surface area contributed by atoms with Crippen LogP contribution < -0.4 is 14.5 Å². The Morgan fingerprint density at radius 2 is 1.41 bits per heavy atom. The van der Waals surface area contributed by atoms with Gasteiger partial charge in [0.2, 0.25) is 11.8 Å². The van der Waals surface area contributed by atoms with Crippen LogP contribution in [0, 0.1) is 18.6 Å². The number of aromatic nitrogens is 4. The number of rotatable bonds is 7. The van der Waals surface area contributed by atoms with Gasteiger partial charge < -0.3 is 14.5 Å². The highest BCUT2D eigenvalue weighted by molar-refractivity contribution is 6.12. The molecular formula is C27H24F2N6O2. The standard InChI is InChI=1S/C27H24F2N6O2/c1-18-25(36-23-11-15-35(16-12-23)27-30-13-2-14-31-27)32-17-33-26(18)37-34-24(19-3-7-21(28)8-4-19)20-5-9-22(29)10-6-20/h2-10,13-14,17,23H,11-12,15-16H2,1H3. The lowest BCUT2D eigenvalue weighted by Crippen LogP contribution is -2.39. The molecule has 0 spiro atoms. The van der Waals surface area contributed by atoms with Crippen LogP contribution in [0.5, 0.6) is 11.8 Å². The lowest BCUT2D eigenvalue weighted by atomic mass is 10.0. The maximum absolute atomic E-state index is 13.5. The summed E-state index contributed by atoms with van der Waals surface area (Å²) in [4.78, 5) is 25.0. The van der Waals surface area contributed by atoms with Gasteiger partial charge in [-0.3, -0.25) is 0 Å². The van der Waals surface area contributed by atoms with E-state index < -0.39 is 0 Å². The molecule has 37 heavy (non-hydrogen) atoms. The molecule has 2 aromatic heterocycles. The lowest BCUT2D eigenvalue weighted by molar-refractivity contribution is 0.160. The van der Waals surface area contributed by atoms with E-state index in [4.69, 9.17) is 9.57 Å². The zero-order valence-corrected chi connectivity index (χ0v) is 20.1. The maximum atomic E-state index is 13.5. The summed E-state index contributed by atoms with van der Waals surface area (Å²) in [6.07, 6.45) is 6.37. The van der Waals surface area contributed by atoms with Crippen LogP contribution in [0.3, 0.4) is 0 Å². The van der Waals surface area contributed by atoms with Gasteiger partial charge in [0.05, 0.1) is 5.56 Å². The van der Waals surface area contributed by atoms with Crippen molar-refractivity contribution < 1.29 is 18.4 Å². The van der Waals surface area contributed by atoms with E-state index >= 15 is 0 Å². The highest BCUT2D eigenvalue weighted by Crippen LogP contribution is 2.27. The molecule has 0 amide bonds. The molecule has 8 nitrogen and oxygen atoms in total. The summed E-state index contributed by atoms with van der Waals surface area (Å²) in [5, 5.41) is 4.29. The predicted octanol–water partition coefficient (Wildman–Crippen LogP) is 4.73. The maximum Gasteiger partial charge on any atom is 0.258 e. The van der Waals surface area contributed by atoms with Crippen LogP contribution in [-0.2, 0) is 0 Å². The summed E-state index contributed by atoms with van der Waals surface area (Å²) in [6.45, 7) is 3.33. The summed E-state index contributed by atoms with van der Waals surface area (Å²) in [5.74, 6) is 0.602. The Bertz CT molecular complexity index is 1310. The Morgan fingerprint density at radius 3 is 2.00 bits per heavy atom. The number of halogens is 2. The molecule has 1 aliphatic rings. The SMILES string of the molecule is Cc1c(ON=C(c2ccc(F)cc2)c2ccc(F)cc2)ncnc1OC1CCN(c2ncccn2)CC1. The van der Waals surface area contributed by atoms with Crippen molar-refractivity contribution in [2.45, 2.75) is 25.9 Å². The topological polar surface area (TPSA) is 85.6 Å². The van der Waals surface area contributed by atoms with Crippen LogP contribution in [0.1, 0.15) is 29.5 Å². The van der Waals surface area contributed by atoms with Crippen LogP contribution in [0.15, 0.2) is 78.5 Å². The Morgan fingerprint density at radius 1 is 0.838 bits per heavy atom. The minimum atomic E-state index is -0.376. The first kappa shape index (κ1) is 24.2. The Hall–Kier alpha value is -4.47. The number of benzene rings is 2. The summed E-state index contributed by atoms with van der Waals surface area (Å²) < 4.78 is 33.2. The second kappa shape index (κ2) is 11.1. The van der Waals surface area contributed by atoms with E-state index in [2.05, 4.69) is 30.0 Å². The van der Waals surface area contributed by atoms with Gasteiger partial charge in [-0.2, -0.15) is 4.98 Å². The first-order chi connectivity index (χ1) is 18.1. The molecule has 3 heterocycles. The van der Waals surface area contributed by atoms with Crippen molar-refractivity contribution in [1.29, 1.82) is 0 Å². The van der Waals surface area contributed by atoms with Crippen molar-refractivity contribution in [2.75, 3.05) is 18.0 Å². The van der Waals surface area contributed by atoms with Crippen molar-refractivity contribution in [2.24, 2.45) is 5.16 Å². The fourth-order valence-corrected chi connectivity index (χ4v) is 3.99. The zero-order chi connectivity index (χ0) is 25.6. The van der Waals surface area contributed by atoms with E-state index in [-0.39, 0.29) is 23.6 Å². The number of hydrogen-bond acceptors (Lipinski definition) is 8. The minimum Gasteiger partial charge on any atom is -0.474 e. The molecule has 0 saturated carbocycles. The Kier molecular flexibility index (Phi) is 7.25.